The number of nitrogens with zero attached hydrogens (tertiary/aromatic N) is 4. The molecule has 2 aromatic rings. The number of hydrogen-bond acceptors (Lipinski definition) is 5. The van der Waals surface area contributed by atoms with E-state index in [1.165, 1.54) is 37.7 Å². The highest BCUT2D eigenvalue weighted by Crippen LogP contribution is 2.33. The van der Waals surface area contributed by atoms with Crippen molar-refractivity contribution in [3.05, 3.63) is 53.7 Å². The van der Waals surface area contributed by atoms with Crippen LogP contribution in [0.25, 0.3) is 0 Å². The number of ether oxygens (including phenoxy) is 1. The maximum atomic E-state index is 13.5. The van der Waals surface area contributed by atoms with Gasteiger partial charge in [-0.25, -0.2) is 9.78 Å². The number of carbonyl (C=O) groups is 2. The molecule has 0 N–H and O–H groups in total. The molecule has 7 nitrogen and oxygen atoms in total. The summed E-state index contributed by atoms with van der Waals surface area (Å²) in [5.74, 6) is 1.46. The minimum Gasteiger partial charge on any atom is -0.444 e. The maximum Gasteiger partial charge on any atom is 0.410 e. The molecule has 1 unspecified atom stereocenters. The van der Waals surface area contributed by atoms with E-state index in [0.29, 0.717) is 18.0 Å². The average Bonchev–Trinajstić information content (AvgIpc) is 3.38. The van der Waals surface area contributed by atoms with Gasteiger partial charge in [-0.05, 0) is 89.6 Å². The van der Waals surface area contributed by atoms with Crippen LogP contribution in [0, 0.1) is 0 Å². The van der Waals surface area contributed by atoms with Crippen LogP contribution in [0.5, 0.6) is 0 Å². The van der Waals surface area contributed by atoms with Crippen LogP contribution in [0.15, 0.2) is 42.6 Å². The lowest BCUT2D eigenvalue weighted by atomic mass is 9.84. The van der Waals surface area contributed by atoms with Gasteiger partial charge in [0, 0.05) is 31.7 Å². The lowest BCUT2D eigenvalue weighted by Gasteiger charge is -2.29. The van der Waals surface area contributed by atoms with Crippen LogP contribution >= 0.6 is 0 Å². The fourth-order valence-electron chi connectivity index (χ4n) is 5.58. The third-order valence-electron chi connectivity index (χ3n) is 7.70. The van der Waals surface area contributed by atoms with Crippen LogP contribution in [-0.4, -0.2) is 59.7 Å². The molecule has 1 saturated heterocycles. The third-order valence-corrected chi connectivity index (χ3v) is 7.70. The minimum atomic E-state index is -0.516. The zero-order chi connectivity index (χ0) is 27.4. The SMILES string of the molecule is CC(C)N(C(=O)c1ccc(C2CCCCC2)cc1)c1ccc(N2CCC(N(C)C(=O)OC(C)(C)C)C2)nc1. The van der Waals surface area contributed by atoms with Crippen molar-refractivity contribution in [1.29, 1.82) is 0 Å². The minimum absolute atomic E-state index is 0.00758. The van der Waals surface area contributed by atoms with Crippen LogP contribution in [-0.2, 0) is 4.74 Å². The van der Waals surface area contributed by atoms with Gasteiger partial charge in [0.1, 0.15) is 11.4 Å². The predicted octanol–water partition coefficient (Wildman–Crippen LogP) is 6.63. The summed E-state index contributed by atoms with van der Waals surface area (Å²) in [7, 11) is 1.80. The van der Waals surface area contributed by atoms with Crippen molar-refractivity contribution < 1.29 is 14.3 Å². The van der Waals surface area contributed by atoms with Gasteiger partial charge >= 0.3 is 6.09 Å². The summed E-state index contributed by atoms with van der Waals surface area (Å²) < 4.78 is 5.53. The molecule has 206 valence electrons. The van der Waals surface area contributed by atoms with Crippen molar-refractivity contribution in [2.75, 3.05) is 29.9 Å². The Labute approximate surface area is 228 Å². The number of benzene rings is 1. The number of aromatic nitrogens is 1. The number of amides is 2. The number of anilines is 2. The Kier molecular flexibility index (Phi) is 8.64. The number of hydrogen-bond donors (Lipinski definition) is 0. The van der Waals surface area contributed by atoms with E-state index < -0.39 is 5.60 Å². The van der Waals surface area contributed by atoms with Crippen LogP contribution in [0.2, 0.25) is 0 Å². The Hall–Kier alpha value is -3.09. The van der Waals surface area contributed by atoms with Gasteiger partial charge in [-0.2, -0.15) is 0 Å². The zero-order valence-corrected chi connectivity index (χ0v) is 23.9. The van der Waals surface area contributed by atoms with E-state index in [2.05, 4.69) is 17.0 Å². The van der Waals surface area contributed by atoms with E-state index in [0.717, 1.165) is 24.5 Å². The molecule has 1 aliphatic carbocycles. The first-order valence-corrected chi connectivity index (χ1v) is 14.1. The zero-order valence-electron chi connectivity index (χ0n) is 23.9. The standard InChI is InChI=1S/C31H44N4O3/c1-22(2)35(29(36)25-14-12-24(13-15-25)23-10-8-7-9-11-23)26-16-17-28(32-20-26)34-19-18-27(21-34)33(6)30(37)38-31(3,4)5/h12-17,20,22-23,27H,7-11,18-19,21H2,1-6H3. The molecule has 1 aliphatic heterocycles. The van der Waals surface area contributed by atoms with E-state index in [1.54, 1.807) is 18.1 Å². The van der Waals surface area contributed by atoms with Crippen molar-refractivity contribution >= 4 is 23.5 Å². The first-order valence-electron chi connectivity index (χ1n) is 14.1. The van der Waals surface area contributed by atoms with E-state index >= 15 is 0 Å². The molecule has 2 heterocycles. The largest absolute Gasteiger partial charge is 0.444 e. The molecule has 0 bridgehead atoms. The van der Waals surface area contributed by atoms with Gasteiger partial charge in [0.15, 0.2) is 0 Å². The molecule has 1 atom stereocenters. The van der Waals surface area contributed by atoms with Gasteiger partial charge in [0.05, 0.1) is 17.9 Å². The van der Waals surface area contributed by atoms with Crippen LogP contribution in [0.4, 0.5) is 16.3 Å². The van der Waals surface area contributed by atoms with E-state index in [1.807, 2.05) is 63.8 Å². The summed E-state index contributed by atoms with van der Waals surface area (Å²) in [6, 6.07) is 12.2. The average molecular weight is 521 g/mol. The predicted molar refractivity (Wildman–Crippen MR) is 153 cm³/mol. The second-order valence-corrected chi connectivity index (χ2v) is 12.1. The molecule has 0 spiro atoms. The van der Waals surface area contributed by atoms with Gasteiger partial charge in [0.25, 0.3) is 5.91 Å². The lowest BCUT2D eigenvalue weighted by Crippen LogP contribution is -2.42. The highest BCUT2D eigenvalue weighted by molar-refractivity contribution is 6.06. The Morgan fingerprint density at radius 2 is 1.68 bits per heavy atom. The third kappa shape index (κ3) is 6.66. The molecule has 1 saturated carbocycles. The van der Waals surface area contributed by atoms with Crippen LogP contribution < -0.4 is 9.80 Å². The number of carbonyl (C=O) groups excluding carboxylic acids is 2. The van der Waals surface area contributed by atoms with Crippen molar-refractivity contribution in [3.8, 4) is 0 Å². The maximum absolute atomic E-state index is 13.5. The summed E-state index contributed by atoms with van der Waals surface area (Å²) in [6.07, 6.45) is 8.77. The molecule has 2 aliphatic rings. The molecule has 2 amide bonds. The highest BCUT2D eigenvalue weighted by atomic mass is 16.6. The monoisotopic (exact) mass is 520 g/mol. The second kappa shape index (κ2) is 11.7. The summed E-state index contributed by atoms with van der Waals surface area (Å²) in [5.41, 5.74) is 2.32. The smallest absolute Gasteiger partial charge is 0.410 e. The van der Waals surface area contributed by atoms with Gasteiger partial charge in [-0.15, -0.1) is 0 Å². The number of pyridine rings is 1. The summed E-state index contributed by atoms with van der Waals surface area (Å²) in [5, 5.41) is 0. The molecule has 0 radical (unpaired) electrons. The first kappa shape index (κ1) is 27.9. The highest BCUT2D eigenvalue weighted by Gasteiger charge is 2.32. The number of likely N-dealkylation sites (N-methyl/N-ethyl adjacent to an activating group) is 1. The summed E-state index contributed by atoms with van der Waals surface area (Å²) in [6.45, 7) is 11.2. The Balaban J connectivity index is 1.41. The Bertz CT molecular complexity index is 1090. The summed E-state index contributed by atoms with van der Waals surface area (Å²) in [4.78, 5) is 36.4. The van der Waals surface area contributed by atoms with Crippen LogP contribution in [0.3, 0.4) is 0 Å². The molecule has 1 aromatic heterocycles. The topological polar surface area (TPSA) is 66.0 Å². The van der Waals surface area contributed by atoms with E-state index in [4.69, 9.17) is 9.72 Å². The van der Waals surface area contributed by atoms with Crippen molar-refractivity contribution in [1.82, 2.24) is 9.88 Å². The quantitative estimate of drug-likeness (QED) is 0.428. The Morgan fingerprint density at radius 1 is 1.00 bits per heavy atom. The fraction of sp³-hybridized carbons (Fsp3) is 0.581. The number of rotatable bonds is 6. The first-order chi connectivity index (χ1) is 18.0. The van der Waals surface area contributed by atoms with Gasteiger partial charge in [0.2, 0.25) is 0 Å². The molecule has 7 heteroatoms. The van der Waals surface area contributed by atoms with Gasteiger partial charge in [-0.3, -0.25) is 4.79 Å². The fourth-order valence-corrected chi connectivity index (χ4v) is 5.58. The molecular weight excluding hydrogens is 476 g/mol. The molecule has 2 fully saturated rings. The molecule has 4 rings (SSSR count). The van der Waals surface area contributed by atoms with Crippen molar-refractivity contribution in [3.63, 3.8) is 0 Å². The van der Waals surface area contributed by atoms with Crippen LogP contribution in [0.1, 0.15) is 95.0 Å². The van der Waals surface area contributed by atoms with Gasteiger partial charge in [-0.1, -0.05) is 31.4 Å². The van der Waals surface area contributed by atoms with Crippen molar-refractivity contribution in [2.45, 2.75) is 96.7 Å². The van der Waals surface area contributed by atoms with E-state index in [-0.39, 0.29) is 24.1 Å². The van der Waals surface area contributed by atoms with Gasteiger partial charge < -0.3 is 19.4 Å². The summed E-state index contributed by atoms with van der Waals surface area (Å²) >= 11 is 0. The second-order valence-electron chi connectivity index (χ2n) is 12.1. The molecule has 1 aromatic carbocycles. The van der Waals surface area contributed by atoms with Crippen molar-refractivity contribution in [2.24, 2.45) is 0 Å². The lowest BCUT2D eigenvalue weighted by molar-refractivity contribution is 0.0237. The molecular formula is C31H44N4O3. The Morgan fingerprint density at radius 3 is 2.26 bits per heavy atom. The normalized spacial score (nSPS) is 18.5. The van der Waals surface area contributed by atoms with E-state index in [9.17, 15) is 9.59 Å². The molecule has 38 heavy (non-hydrogen) atoms.